The molecule has 1 saturated carbocycles. The summed E-state index contributed by atoms with van der Waals surface area (Å²) in [5.41, 5.74) is 1.67. The fourth-order valence-electron chi connectivity index (χ4n) is 5.34. The maximum atomic E-state index is 14.2. The lowest BCUT2D eigenvalue weighted by atomic mass is 9.79. The number of carboxylic acid groups (broad SMARTS) is 1. The monoisotopic (exact) mass is 511 g/mol. The van der Waals surface area contributed by atoms with E-state index in [-0.39, 0.29) is 40.2 Å². The van der Waals surface area contributed by atoms with Gasteiger partial charge in [-0.1, -0.05) is 39.3 Å². The molecule has 0 bridgehead atoms. The molecule has 2 aromatic heterocycles. The van der Waals surface area contributed by atoms with Crippen molar-refractivity contribution in [3.05, 3.63) is 46.1 Å². The molecule has 1 amide bonds. The number of carboxylic acids is 1. The Morgan fingerprint density at radius 2 is 1.92 bits per heavy atom. The summed E-state index contributed by atoms with van der Waals surface area (Å²) in [6.45, 7) is 10.5. The van der Waals surface area contributed by atoms with Gasteiger partial charge in [0, 0.05) is 29.1 Å². The van der Waals surface area contributed by atoms with Gasteiger partial charge in [0.15, 0.2) is 0 Å². The van der Waals surface area contributed by atoms with Crippen LogP contribution in [0.25, 0.3) is 0 Å². The highest BCUT2D eigenvalue weighted by molar-refractivity contribution is 7.14. The van der Waals surface area contributed by atoms with E-state index in [0.29, 0.717) is 18.0 Å². The zero-order valence-electron chi connectivity index (χ0n) is 21.9. The number of amides is 1. The number of hydrogen-bond donors (Lipinski definition) is 1. The van der Waals surface area contributed by atoms with Gasteiger partial charge in [0.1, 0.15) is 17.3 Å². The van der Waals surface area contributed by atoms with Crippen LogP contribution in [0.3, 0.4) is 0 Å². The fourth-order valence-corrected chi connectivity index (χ4v) is 6.38. The second-order valence-electron chi connectivity index (χ2n) is 11.3. The lowest BCUT2D eigenvalue weighted by Crippen LogP contribution is -2.48. The molecule has 0 aromatic carbocycles. The maximum Gasteiger partial charge on any atom is 0.348 e. The lowest BCUT2D eigenvalue weighted by Gasteiger charge is -2.40. The van der Waals surface area contributed by atoms with Gasteiger partial charge in [-0.2, -0.15) is 0 Å². The summed E-state index contributed by atoms with van der Waals surface area (Å²) in [5, 5.41) is 10.1. The number of thiophene rings is 1. The number of ether oxygens (including phenoxy) is 1. The van der Waals surface area contributed by atoms with Crippen LogP contribution in [0.4, 0.5) is 5.69 Å². The summed E-state index contributed by atoms with van der Waals surface area (Å²) < 4.78 is 6.05. The average molecular weight is 512 g/mol. The topological polar surface area (TPSA) is 92.6 Å². The first-order valence-electron chi connectivity index (χ1n) is 12.8. The van der Waals surface area contributed by atoms with Gasteiger partial charge in [0.2, 0.25) is 11.8 Å². The van der Waals surface area contributed by atoms with Gasteiger partial charge in [0.25, 0.3) is 0 Å². The molecule has 0 unspecified atom stereocenters. The number of rotatable bonds is 6. The Balaban J connectivity index is 1.64. The highest BCUT2D eigenvalue weighted by Crippen LogP contribution is 2.42. The van der Waals surface area contributed by atoms with Crippen molar-refractivity contribution in [3.63, 3.8) is 0 Å². The van der Waals surface area contributed by atoms with Gasteiger partial charge in [-0.3, -0.25) is 4.79 Å². The Hall–Kier alpha value is -2.74. The lowest BCUT2D eigenvalue weighted by molar-refractivity contribution is -0.124. The van der Waals surface area contributed by atoms with Crippen molar-refractivity contribution in [2.24, 2.45) is 11.8 Å². The van der Waals surface area contributed by atoms with E-state index in [1.165, 1.54) is 23.2 Å². The van der Waals surface area contributed by atoms with Crippen molar-refractivity contribution < 1.29 is 19.4 Å². The van der Waals surface area contributed by atoms with Gasteiger partial charge < -0.3 is 14.7 Å². The fraction of sp³-hybridized carbons (Fsp3) is 0.571. The van der Waals surface area contributed by atoms with Gasteiger partial charge >= 0.3 is 5.97 Å². The first kappa shape index (κ1) is 26.3. The first-order chi connectivity index (χ1) is 17.0. The molecule has 0 aliphatic heterocycles. The molecule has 36 heavy (non-hydrogen) atoms. The van der Waals surface area contributed by atoms with Crippen LogP contribution >= 0.6 is 11.3 Å². The number of aromatic carboxylic acids is 1. The van der Waals surface area contributed by atoms with E-state index in [0.717, 1.165) is 37.0 Å². The van der Waals surface area contributed by atoms with Crippen molar-refractivity contribution in [1.82, 2.24) is 9.97 Å². The van der Waals surface area contributed by atoms with Crippen LogP contribution < -0.4 is 9.64 Å². The summed E-state index contributed by atoms with van der Waals surface area (Å²) in [7, 11) is 0. The standard InChI is InChI=1S/C28H37N3O4S/c1-17-6-11-21(18(2)14-17)26(32)31(22-15-23(28(3,4)5)36-25(22)27(33)34)19-7-9-20(10-8-19)35-24-12-13-29-16-30-24/h6,12-13,15-16,18-21H,7-11,14H2,1-5H3,(H,33,34)/t18-,19-,20-,21-/m0/s1. The SMILES string of the molecule is CC1=CC[C@H](C(=O)N(c2cc(C(C)(C)C)sc2C(=O)O)[C@H]2CC[C@H](Oc3ccncn3)CC2)[C@@H](C)C1. The van der Waals surface area contributed by atoms with Crippen LogP contribution in [0.15, 0.2) is 36.3 Å². The van der Waals surface area contributed by atoms with Crippen molar-refractivity contribution in [2.75, 3.05) is 4.90 Å². The molecule has 0 spiro atoms. The van der Waals surface area contributed by atoms with E-state index in [4.69, 9.17) is 4.74 Å². The molecule has 194 valence electrons. The van der Waals surface area contributed by atoms with Crippen molar-refractivity contribution in [1.29, 1.82) is 0 Å². The molecule has 1 fully saturated rings. The minimum atomic E-state index is -0.975. The number of allylic oxidation sites excluding steroid dienone is 2. The third kappa shape index (κ3) is 5.80. The Kier molecular flexibility index (Phi) is 7.83. The van der Waals surface area contributed by atoms with Gasteiger partial charge in [-0.25, -0.2) is 14.8 Å². The normalized spacial score (nSPS) is 24.6. The molecular formula is C28H37N3O4S. The van der Waals surface area contributed by atoms with E-state index in [2.05, 4.69) is 50.7 Å². The molecule has 1 N–H and O–H groups in total. The van der Waals surface area contributed by atoms with Gasteiger partial charge in [0.05, 0.1) is 5.69 Å². The minimum absolute atomic E-state index is 0.0128. The van der Waals surface area contributed by atoms with Gasteiger partial charge in [-0.05, 0) is 62.8 Å². The first-order valence-corrected chi connectivity index (χ1v) is 13.6. The van der Waals surface area contributed by atoms with Crippen molar-refractivity contribution in [3.8, 4) is 5.88 Å². The Labute approximate surface area is 217 Å². The van der Waals surface area contributed by atoms with E-state index < -0.39 is 5.97 Å². The van der Waals surface area contributed by atoms with Crippen LogP contribution in [0, 0.1) is 11.8 Å². The van der Waals surface area contributed by atoms with Crippen molar-refractivity contribution >= 4 is 28.9 Å². The molecule has 2 heterocycles. The molecule has 4 rings (SSSR count). The molecule has 0 radical (unpaired) electrons. The molecule has 8 heteroatoms. The van der Waals surface area contributed by atoms with Crippen LogP contribution in [0.2, 0.25) is 0 Å². The number of carbonyl (C=O) groups is 2. The second-order valence-corrected chi connectivity index (χ2v) is 12.3. The van der Waals surface area contributed by atoms with Crippen molar-refractivity contribution in [2.45, 2.75) is 90.7 Å². The molecular weight excluding hydrogens is 474 g/mol. The summed E-state index contributed by atoms with van der Waals surface area (Å²) in [4.78, 5) is 37.7. The quantitative estimate of drug-likeness (QED) is 0.461. The average Bonchev–Trinajstić information content (AvgIpc) is 3.27. The van der Waals surface area contributed by atoms with Crippen LogP contribution in [-0.4, -0.2) is 39.1 Å². The Morgan fingerprint density at radius 1 is 1.19 bits per heavy atom. The number of hydrogen-bond acceptors (Lipinski definition) is 6. The van der Waals surface area contributed by atoms with E-state index in [1.54, 1.807) is 12.3 Å². The van der Waals surface area contributed by atoms with E-state index in [9.17, 15) is 14.7 Å². The maximum absolute atomic E-state index is 14.2. The summed E-state index contributed by atoms with van der Waals surface area (Å²) in [6, 6.07) is 3.63. The molecule has 0 saturated heterocycles. The largest absolute Gasteiger partial charge is 0.477 e. The predicted molar refractivity (Wildman–Crippen MR) is 142 cm³/mol. The van der Waals surface area contributed by atoms with E-state index >= 15 is 0 Å². The van der Waals surface area contributed by atoms with Gasteiger partial charge in [-0.15, -0.1) is 11.3 Å². The zero-order valence-corrected chi connectivity index (χ0v) is 22.7. The number of carbonyl (C=O) groups excluding carboxylic acids is 1. The Morgan fingerprint density at radius 3 is 2.50 bits per heavy atom. The number of nitrogens with zero attached hydrogens (tertiary/aromatic N) is 3. The number of anilines is 1. The molecule has 2 aromatic rings. The van der Waals surface area contributed by atoms with Crippen LogP contribution in [-0.2, 0) is 10.2 Å². The summed E-state index contributed by atoms with van der Waals surface area (Å²) in [5.74, 6) is -0.302. The molecule has 2 atom stereocenters. The predicted octanol–water partition coefficient (Wildman–Crippen LogP) is 6.25. The third-order valence-corrected chi connectivity index (χ3v) is 8.90. The smallest absolute Gasteiger partial charge is 0.348 e. The molecule has 2 aliphatic carbocycles. The Bertz CT molecular complexity index is 1110. The number of aromatic nitrogens is 2. The molecule has 7 nitrogen and oxygen atoms in total. The highest BCUT2D eigenvalue weighted by Gasteiger charge is 2.39. The second kappa shape index (κ2) is 10.7. The minimum Gasteiger partial charge on any atom is -0.477 e. The van der Waals surface area contributed by atoms with Crippen LogP contribution in [0.1, 0.15) is 87.7 Å². The third-order valence-electron chi connectivity index (χ3n) is 7.36. The van der Waals surface area contributed by atoms with E-state index in [1.807, 2.05) is 11.0 Å². The zero-order chi connectivity index (χ0) is 26.0. The van der Waals surface area contributed by atoms with Crippen LogP contribution in [0.5, 0.6) is 5.88 Å². The summed E-state index contributed by atoms with van der Waals surface area (Å²) >= 11 is 1.29. The highest BCUT2D eigenvalue weighted by atomic mass is 32.1. The molecule has 2 aliphatic rings. The summed E-state index contributed by atoms with van der Waals surface area (Å²) in [6.07, 6.45) is 9.95.